The molecule has 2 N–H and O–H groups in total. The van der Waals surface area contributed by atoms with Crippen LogP contribution in [0.2, 0.25) is 0 Å². The van der Waals surface area contributed by atoms with Gasteiger partial charge in [0, 0.05) is 18.7 Å². The van der Waals surface area contributed by atoms with E-state index in [2.05, 4.69) is 6.92 Å². The predicted octanol–water partition coefficient (Wildman–Crippen LogP) is 1.93. The number of likely N-dealkylation sites (tertiary alicyclic amines) is 1. The Bertz CT molecular complexity index is 496. The lowest BCUT2D eigenvalue weighted by molar-refractivity contribution is 0.0740. The Morgan fingerprint density at radius 1 is 1.38 bits per heavy atom. The molecule has 2 atom stereocenters. The summed E-state index contributed by atoms with van der Waals surface area (Å²) in [6.45, 7) is 3.39. The van der Waals surface area contributed by atoms with E-state index in [0.29, 0.717) is 36.1 Å². The van der Waals surface area contributed by atoms with Gasteiger partial charge in [-0.05, 0) is 37.9 Å². The lowest BCUT2D eigenvalue weighted by Gasteiger charge is -2.22. The van der Waals surface area contributed by atoms with Crippen LogP contribution >= 0.6 is 12.4 Å². The Balaban J connectivity index is 0.00000220. The third kappa shape index (κ3) is 3.60. The zero-order chi connectivity index (χ0) is 14.7. The minimum absolute atomic E-state index is 0. The molecule has 1 aliphatic rings. The first kappa shape index (κ1) is 17.6. The van der Waals surface area contributed by atoms with E-state index in [1.54, 1.807) is 32.4 Å². The Kier molecular flexibility index (Phi) is 6.30. The van der Waals surface area contributed by atoms with E-state index in [4.69, 9.17) is 15.2 Å². The molecule has 5 nitrogen and oxygen atoms in total. The molecular weight excluding hydrogens is 292 g/mol. The fraction of sp³-hybridized carbons (Fsp3) is 0.533. The first-order valence-electron chi connectivity index (χ1n) is 6.83. The number of ether oxygens (including phenoxy) is 2. The number of hydrogen-bond donors (Lipinski definition) is 1. The molecule has 1 saturated heterocycles. The second-order valence-electron chi connectivity index (χ2n) is 5.21. The summed E-state index contributed by atoms with van der Waals surface area (Å²) in [6.07, 6.45) is 0.959. The van der Waals surface area contributed by atoms with E-state index in [0.717, 1.165) is 6.42 Å². The number of carbonyl (C=O) groups excluding carboxylic acids is 1. The van der Waals surface area contributed by atoms with Gasteiger partial charge in [0.15, 0.2) is 0 Å². The van der Waals surface area contributed by atoms with Crippen molar-refractivity contribution in [2.24, 2.45) is 11.7 Å². The maximum absolute atomic E-state index is 12.7. The Morgan fingerprint density at radius 3 is 2.62 bits per heavy atom. The molecule has 21 heavy (non-hydrogen) atoms. The summed E-state index contributed by atoms with van der Waals surface area (Å²) in [7, 11) is 3.15. The van der Waals surface area contributed by atoms with Crippen LogP contribution in [-0.2, 0) is 0 Å². The molecule has 118 valence electrons. The highest BCUT2D eigenvalue weighted by molar-refractivity contribution is 5.97. The number of hydrogen-bond acceptors (Lipinski definition) is 4. The highest BCUT2D eigenvalue weighted by Crippen LogP contribution is 2.29. The van der Waals surface area contributed by atoms with E-state index in [9.17, 15) is 4.79 Å². The number of nitrogens with zero attached hydrogens (tertiary/aromatic N) is 1. The second kappa shape index (κ2) is 7.52. The van der Waals surface area contributed by atoms with E-state index >= 15 is 0 Å². The topological polar surface area (TPSA) is 64.8 Å². The molecule has 1 aliphatic heterocycles. The van der Waals surface area contributed by atoms with Crippen molar-refractivity contribution in [2.45, 2.75) is 19.4 Å². The SMILES string of the molecule is COc1ccc(C(=O)N2CC(CN)CC2C)c(OC)c1.Cl. The van der Waals surface area contributed by atoms with Gasteiger partial charge in [-0.3, -0.25) is 4.79 Å². The van der Waals surface area contributed by atoms with Crippen LogP contribution in [0.15, 0.2) is 18.2 Å². The minimum Gasteiger partial charge on any atom is -0.497 e. The maximum atomic E-state index is 12.7. The van der Waals surface area contributed by atoms with Gasteiger partial charge < -0.3 is 20.1 Å². The molecule has 0 spiro atoms. The second-order valence-corrected chi connectivity index (χ2v) is 5.21. The molecule has 0 aromatic heterocycles. The van der Waals surface area contributed by atoms with Gasteiger partial charge in [-0.25, -0.2) is 0 Å². The number of benzene rings is 1. The third-order valence-electron chi connectivity index (χ3n) is 3.89. The molecular formula is C15H23ClN2O3. The highest BCUT2D eigenvalue weighted by Gasteiger charge is 2.33. The Labute approximate surface area is 131 Å². The maximum Gasteiger partial charge on any atom is 0.257 e. The van der Waals surface area contributed by atoms with Gasteiger partial charge in [0.2, 0.25) is 0 Å². The van der Waals surface area contributed by atoms with Crippen molar-refractivity contribution in [3.8, 4) is 11.5 Å². The van der Waals surface area contributed by atoms with Crippen LogP contribution in [0, 0.1) is 5.92 Å². The molecule has 0 aliphatic carbocycles. The largest absolute Gasteiger partial charge is 0.497 e. The summed E-state index contributed by atoms with van der Waals surface area (Å²) >= 11 is 0. The fourth-order valence-electron chi connectivity index (χ4n) is 2.73. The molecule has 0 bridgehead atoms. The van der Waals surface area contributed by atoms with E-state index < -0.39 is 0 Å². The molecule has 1 aromatic carbocycles. The van der Waals surface area contributed by atoms with Crippen LogP contribution in [0.1, 0.15) is 23.7 Å². The summed E-state index contributed by atoms with van der Waals surface area (Å²) in [5.74, 6) is 1.59. The predicted molar refractivity (Wildman–Crippen MR) is 84.5 cm³/mol. The van der Waals surface area contributed by atoms with E-state index in [1.807, 2.05) is 4.90 Å². The van der Waals surface area contributed by atoms with Crippen molar-refractivity contribution in [1.29, 1.82) is 0 Å². The monoisotopic (exact) mass is 314 g/mol. The van der Waals surface area contributed by atoms with Gasteiger partial charge >= 0.3 is 0 Å². The van der Waals surface area contributed by atoms with E-state index in [1.165, 1.54) is 0 Å². The first-order valence-corrected chi connectivity index (χ1v) is 6.83. The number of rotatable bonds is 4. The standard InChI is InChI=1S/C15H22N2O3.ClH/c1-10-6-11(8-16)9-17(10)15(18)13-5-4-12(19-2)7-14(13)20-3;/h4-5,7,10-11H,6,8-9,16H2,1-3H3;1H. The smallest absolute Gasteiger partial charge is 0.257 e. The molecule has 1 fully saturated rings. The average molecular weight is 315 g/mol. The zero-order valence-electron chi connectivity index (χ0n) is 12.7. The van der Waals surface area contributed by atoms with Crippen molar-refractivity contribution in [3.05, 3.63) is 23.8 Å². The number of amides is 1. The van der Waals surface area contributed by atoms with Gasteiger partial charge in [0.1, 0.15) is 11.5 Å². The van der Waals surface area contributed by atoms with Gasteiger partial charge in [-0.1, -0.05) is 0 Å². The summed E-state index contributed by atoms with van der Waals surface area (Å²) in [5, 5.41) is 0. The van der Waals surface area contributed by atoms with Crippen LogP contribution in [-0.4, -0.2) is 44.2 Å². The van der Waals surface area contributed by atoms with Crippen LogP contribution in [0.3, 0.4) is 0 Å². The molecule has 1 aromatic rings. The molecule has 2 unspecified atom stereocenters. The van der Waals surface area contributed by atoms with Crippen molar-refractivity contribution < 1.29 is 14.3 Å². The van der Waals surface area contributed by atoms with Crippen molar-refractivity contribution in [2.75, 3.05) is 27.3 Å². The molecule has 2 rings (SSSR count). The van der Waals surface area contributed by atoms with Crippen molar-refractivity contribution in [1.82, 2.24) is 4.90 Å². The number of nitrogens with two attached hydrogens (primary N) is 1. The summed E-state index contributed by atoms with van der Waals surface area (Å²) in [5.41, 5.74) is 6.28. The molecule has 6 heteroatoms. The zero-order valence-corrected chi connectivity index (χ0v) is 13.5. The first-order chi connectivity index (χ1) is 9.60. The summed E-state index contributed by atoms with van der Waals surface area (Å²) in [4.78, 5) is 14.5. The quantitative estimate of drug-likeness (QED) is 0.922. The van der Waals surface area contributed by atoms with Crippen LogP contribution < -0.4 is 15.2 Å². The van der Waals surface area contributed by atoms with Crippen molar-refractivity contribution in [3.63, 3.8) is 0 Å². The molecule has 1 amide bonds. The average Bonchev–Trinajstić information content (AvgIpc) is 2.86. The summed E-state index contributed by atoms with van der Waals surface area (Å²) in [6, 6.07) is 5.47. The number of halogens is 1. The van der Waals surface area contributed by atoms with Gasteiger partial charge in [-0.2, -0.15) is 0 Å². The van der Waals surface area contributed by atoms with Crippen LogP contribution in [0.5, 0.6) is 11.5 Å². The Morgan fingerprint density at radius 2 is 2.10 bits per heavy atom. The van der Waals surface area contributed by atoms with Crippen LogP contribution in [0.4, 0.5) is 0 Å². The van der Waals surface area contributed by atoms with E-state index in [-0.39, 0.29) is 24.4 Å². The van der Waals surface area contributed by atoms with Gasteiger partial charge in [-0.15, -0.1) is 12.4 Å². The molecule has 0 saturated carbocycles. The number of carbonyl (C=O) groups is 1. The molecule has 1 heterocycles. The van der Waals surface area contributed by atoms with Gasteiger partial charge in [0.25, 0.3) is 5.91 Å². The van der Waals surface area contributed by atoms with Crippen LogP contribution in [0.25, 0.3) is 0 Å². The lowest BCUT2D eigenvalue weighted by Crippen LogP contribution is -2.34. The Hall–Kier alpha value is -1.46. The third-order valence-corrected chi connectivity index (χ3v) is 3.89. The van der Waals surface area contributed by atoms with Gasteiger partial charge in [0.05, 0.1) is 19.8 Å². The minimum atomic E-state index is -0.00652. The number of methoxy groups -OCH3 is 2. The lowest BCUT2D eigenvalue weighted by atomic mass is 10.1. The summed E-state index contributed by atoms with van der Waals surface area (Å²) < 4.78 is 10.5. The fourth-order valence-corrected chi connectivity index (χ4v) is 2.73. The normalized spacial score (nSPS) is 20.9. The molecule has 0 radical (unpaired) electrons. The van der Waals surface area contributed by atoms with Crippen molar-refractivity contribution >= 4 is 18.3 Å². The highest BCUT2D eigenvalue weighted by atomic mass is 35.5.